The number of halogens is 2. The molecule has 0 unspecified atom stereocenters. The zero-order valence-electron chi connectivity index (χ0n) is 8.58. The van der Waals surface area contributed by atoms with Gasteiger partial charge in [0, 0.05) is 11.1 Å². The van der Waals surface area contributed by atoms with Crippen LogP contribution in [-0.2, 0) is 0 Å². The molecule has 0 amide bonds. The number of nitrogens with zero attached hydrogens (tertiary/aromatic N) is 1. The number of aryl methyl sites for hydroxylation is 1. The lowest BCUT2D eigenvalue weighted by molar-refractivity contribution is 1.11. The van der Waals surface area contributed by atoms with Gasteiger partial charge < -0.3 is 0 Å². The first kappa shape index (κ1) is 11.8. The fourth-order valence-electron chi connectivity index (χ4n) is 1.19. The van der Waals surface area contributed by atoms with E-state index in [4.69, 9.17) is 23.2 Å². The Bertz CT molecular complexity index is 497. The van der Waals surface area contributed by atoms with Crippen LogP contribution in [0.1, 0.15) is 5.56 Å². The highest BCUT2D eigenvalue weighted by molar-refractivity contribution is 7.99. The van der Waals surface area contributed by atoms with E-state index in [1.807, 2.05) is 37.4 Å². The minimum atomic E-state index is 0.568. The van der Waals surface area contributed by atoms with Gasteiger partial charge in [-0.2, -0.15) is 0 Å². The summed E-state index contributed by atoms with van der Waals surface area (Å²) in [7, 11) is 0. The summed E-state index contributed by atoms with van der Waals surface area (Å²) < 4.78 is 0. The second kappa shape index (κ2) is 5.09. The van der Waals surface area contributed by atoms with Gasteiger partial charge in [0.05, 0.1) is 10.0 Å². The Kier molecular flexibility index (Phi) is 3.74. The second-order valence-corrected chi connectivity index (χ2v) is 5.18. The summed E-state index contributed by atoms with van der Waals surface area (Å²) in [6.45, 7) is 2.01. The molecule has 0 radical (unpaired) electrons. The Morgan fingerprint density at radius 1 is 1.12 bits per heavy atom. The molecule has 1 heterocycles. The number of hydrogen-bond donors (Lipinski definition) is 0. The van der Waals surface area contributed by atoms with E-state index in [2.05, 4.69) is 4.98 Å². The fourth-order valence-corrected chi connectivity index (χ4v) is 2.48. The zero-order chi connectivity index (χ0) is 11.5. The molecular weight excluding hydrogens is 261 g/mol. The molecule has 0 bridgehead atoms. The Labute approximate surface area is 109 Å². The van der Waals surface area contributed by atoms with Gasteiger partial charge in [0.25, 0.3) is 0 Å². The van der Waals surface area contributed by atoms with Gasteiger partial charge in [-0.15, -0.1) is 0 Å². The summed E-state index contributed by atoms with van der Waals surface area (Å²) >= 11 is 13.5. The lowest BCUT2D eigenvalue weighted by Gasteiger charge is -2.04. The van der Waals surface area contributed by atoms with Gasteiger partial charge in [0.15, 0.2) is 0 Å². The van der Waals surface area contributed by atoms with Crippen LogP contribution in [-0.4, -0.2) is 4.98 Å². The van der Waals surface area contributed by atoms with Crippen molar-refractivity contribution in [3.63, 3.8) is 0 Å². The van der Waals surface area contributed by atoms with Gasteiger partial charge in [-0.3, -0.25) is 0 Å². The zero-order valence-corrected chi connectivity index (χ0v) is 10.9. The van der Waals surface area contributed by atoms with Crippen LogP contribution in [0, 0.1) is 6.92 Å². The first-order valence-corrected chi connectivity index (χ1v) is 6.28. The quantitative estimate of drug-likeness (QED) is 0.773. The third-order valence-electron chi connectivity index (χ3n) is 2.01. The van der Waals surface area contributed by atoms with Crippen LogP contribution in [0.25, 0.3) is 0 Å². The van der Waals surface area contributed by atoms with E-state index in [1.165, 1.54) is 11.8 Å². The normalized spacial score (nSPS) is 10.4. The molecule has 0 saturated carbocycles. The monoisotopic (exact) mass is 269 g/mol. The van der Waals surface area contributed by atoms with Crippen molar-refractivity contribution in [2.24, 2.45) is 0 Å². The third-order valence-corrected chi connectivity index (χ3v) is 3.96. The van der Waals surface area contributed by atoms with Crippen LogP contribution >= 0.6 is 35.0 Å². The maximum atomic E-state index is 6.09. The molecule has 0 fully saturated rings. The van der Waals surface area contributed by atoms with Crippen LogP contribution in [0.4, 0.5) is 0 Å². The SMILES string of the molecule is Cc1ccc(Sc2cccc(Cl)c2Cl)nc1. The molecule has 0 aliphatic rings. The number of hydrogen-bond acceptors (Lipinski definition) is 2. The molecule has 1 aromatic heterocycles. The molecule has 0 N–H and O–H groups in total. The summed E-state index contributed by atoms with van der Waals surface area (Å²) in [5.41, 5.74) is 1.14. The van der Waals surface area contributed by atoms with Gasteiger partial charge in [0.1, 0.15) is 5.03 Å². The first-order chi connectivity index (χ1) is 7.66. The number of rotatable bonds is 2. The van der Waals surface area contributed by atoms with E-state index in [-0.39, 0.29) is 0 Å². The summed E-state index contributed by atoms with van der Waals surface area (Å²) in [6.07, 6.45) is 1.83. The van der Waals surface area contributed by atoms with Gasteiger partial charge in [0.2, 0.25) is 0 Å². The van der Waals surface area contributed by atoms with Crippen molar-refractivity contribution in [2.45, 2.75) is 16.8 Å². The predicted molar refractivity (Wildman–Crippen MR) is 69.6 cm³/mol. The molecule has 1 nitrogen and oxygen atoms in total. The van der Waals surface area contributed by atoms with Crippen molar-refractivity contribution < 1.29 is 0 Å². The Morgan fingerprint density at radius 2 is 1.94 bits per heavy atom. The molecule has 2 rings (SSSR count). The molecule has 82 valence electrons. The maximum absolute atomic E-state index is 6.09. The highest BCUT2D eigenvalue weighted by atomic mass is 35.5. The molecule has 0 aliphatic carbocycles. The predicted octanol–water partition coefficient (Wildman–Crippen LogP) is 4.85. The van der Waals surface area contributed by atoms with Crippen LogP contribution < -0.4 is 0 Å². The minimum Gasteiger partial charge on any atom is -0.249 e. The fraction of sp³-hybridized carbons (Fsp3) is 0.0833. The third kappa shape index (κ3) is 2.70. The summed E-state index contributed by atoms with van der Waals surface area (Å²) in [4.78, 5) is 5.23. The van der Waals surface area contributed by atoms with Crippen molar-refractivity contribution in [1.82, 2.24) is 4.98 Å². The van der Waals surface area contributed by atoms with E-state index < -0.39 is 0 Å². The minimum absolute atomic E-state index is 0.568. The molecule has 0 spiro atoms. The number of pyridine rings is 1. The summed E-state index contributed by atoms with van der Waals surface area (Å²) in [5, 5.41) is 2.06. The number of aromatic nitrogens is 1. The van der Waals surface area contributed by atoms with Crippen molar-refractivity contribution in [3.8, 4) is 0 Å². The number of benzene rings is 1. The topological polar surface area (TPSA) is 12.9 Å². The summed E-state index contributed by atoms with van der Waals surface area (Å²) in [6, 6.07) is 9.58. The van der Waals surface area contributed by atoms with E-state index in [9.17, 15) is 0 Å². The van der Waals surface area contributed by atoms with Crippen LogP contribution in [0.2, 0.25) is 10.0 Å². The average molecular weight is 270 g/mol. The molecule has 16 heavy (non-hydrogen) atoms. The molecule has 0 aliphatic heterocycles. The smallest absolute Gasteiger partial charge is 0.101 e. The average Bonchev–Trinajstić information content (AvgIpc) is 2.28. The Morgan fingerprint density at radius 3 is 2.62 bits per heavy atom. The first-order valence-electron chi connectivity index (χ1n) is 4.71. The van der Waals surface area contributed by atoms with Crippen LogP contribution in [0.5, 0.6) is 0 Å². The lowest BCUT2D eigenvalue weighted by Crippen LogP contribution is -1.82. The second-order valence-electron chi connectivity index (χ2n) is 3.33. The molecule has 0 saturated heterocycles. The van der Waals surface area contributed by atoms with Gasteiger partial charge in [-0.25, -0.2) is 4.98 Å². The maximum Gasteiger partial charge on any atom is 0.101 e. The van der Waals surface area contributed by atoms with Crippen LogP contribution in [0.3, 0.4) is 0 Å². The van der Waals surface area contributed by atoms with Gasteiger partial charge >= 0.3 is 0 Å². The molecule has 4 heteroatoms. The van der Waals surface area contributed by atoms with Gasteiger partial charge in [-0.1, -0.05) is 47.1 Å². The van der Waals surface area contributed by atoms with Crippen molar-refractivity contribution in [1.29, 1.82) is 0 Å². The van der Waals surface area contributed by atoms with Crippen molar-refractivity contribution in [2.75, 3.05) is 0 Å². The van der Waals surface area contributed by atoms with Crippen molar-refractivity contribution in [3.05, 3.63) is 52.1 Å². The highest BCUT2D eigenvalue weighted by Crippen LogP contribution is 2.36. The lowest BCUT2D eigenvalue weighted by atomic mass is 10.3. The standard InChI is InChI=1S/C12H9Cl2NS/c1-8-5-6-11(15-7-8)16-10-4-2-3-9(13)12(10)14/h2-7H,1H3. The molecule has 2 aromatic rings. The highest BCUT2D eigenvalue weighted by Gasteiger charge is 2.06. The Hall–Kier alpha value is -0.700. The molecule has 0 atom stereocenters. The van der Waals surface area contributed by atoms with Crippen molar-refractivity contribution >= 4 is 35.0 Å². The van der Waals surface area contributed by atoms with E-state index in [1.54, 1.807) is 6.07 Å². The van der Waals surface area contributed by atoms with Gasteiger partial charge in [-0.05, 0) is 30.7 Å². The Balaban J connectivity index is 2.27. The van der Waals surface area contributed by atoms with E-state index in [0.717, 1.165) is 15.5 Å². The van der Waals surface area contributed by atoms with E-state index in [0.29, 0.717) is 10.0 Å². The molecule has 1 aromatic carbocycles. The molecular formula is C12H9Cl2NS. The largest absolute Gasteiger partial charge is 0.249 e. The summed E-state index contributed by atoms with van der Waals surface area (Å²) in [5.74, 6) is 0. The van der Waals surface area contributed by atoms with Crippen LogP contribution in [0.15, 0.2) is 46.5 Å². The van der Waals surface area contributed by atoms with E-state index >= 15 is 0 Å².